The number of ether oxygens (including phenoxy) is 1. The maximum absolute atomic E-state index is 12.9. The Morgan fingerprint density at radius 3 is 2.35 bits per heavy atom. The zero-order valence-corrected chi connectivity index (χ0v) is 23.6. The van der Waals surface area contributed by atoms with Gasteiger partial charge in [0, 0.05) is 31.0 Å². The summed E-state index contributed by atoms with van der Waals surface area (Å²) in [6, 6.07) is 19.5. The van der Waals surface area contributed by atoms with Gasteiger partial charge in [0.1, 0.15) is 18.2 Å². The van der Waals surface area contributed by atoms with Gasteiger partial charge in [0.2, 0.25) is 0 Å². The van der Waals surface area contributed by atoms with Crippen molar-refractivity contribution < 1.29 is 22.7 Å². The summed E-state index contributed by atoms with van der Waals surface area (Å²) in [6.45, 7) is 5.91. The Labute approximate surface area is 232 Å². The smallest absolute Gasteiger partial charge is 0.422 e. The molecular weight excluding hydrogens is 534 g/mol. The number of carbonyl (C=O) groups is 2. The Hall–Kier alpha value is -4.49. The first-order valence-electron chi connectivity index (χ1n) is 12.3. The van der Waals surface area contributed by atoms with Crippen LogP contribution in [-0.2, 0) is 27.0 Å². The zero-order chi connectivity index (χ0) is 29.1. The second-order valence-electron chi connectivity index (χ2n) is 10.2. The van der Waals surface area contributed by atoms with Gasteiger partial charge >= 0.3 is 22.3 Å². The number of nitrogens with one attached hydrogen (secondary N) is 3. The number of pyridine rings is 1. The van der Waals surface area contributed by atoms with Crippen LogP contribution in [0.25, 0.3) is 16.6 Å². The summed E-state index contributed by atoms with van der Waals surface area (Å²) in [5.74, 6) is 0.852. The number of amides is 3. The summed E-state index contributed by atoms with van der Waals surface area (Å²) < 4.78 is 32.8. The van der Waals surface area contributed by atoms with E-state index in [9.17, 15) is 18.0 Å². The van der Waals surface area contributed by atoms with E-state index in [4.69, 9.17) is 9.84 Å². The first kappa shape index (κ1) is 28.5. The number of fused-ring (bicyclic) bond motifs is 1. The minimum absolute atomic E-state index is 0.145. The van der Waals surface area contributed by atoms with Gasteiger partial charge in [-0.25, -0.2) is 24.0 Å². The minimum Gasteiger partial charge on any atom is -0.444 e. The molecular formula is C27H31N7O5S. The molecule has 13 heteroatoms. The number of hydrogen-bond donors (Lipinski definition) is 3. The van der Waals surface area contributed by atoms with Crippen LogP contribution in [0.3, 0.4) is 0 Å². The van der Waals surface area contributed by atoms with Crippen LogP contribution < -0.4 is 15.4 Å². The Bertz CT molecular complexity index is 1640. The normalized spacial score (nSPS) is 11.8. The van der Waals surface area contributed by atoms with E-state index in [0.717, 1.165) is 20.9 Å². The number of benzene rings is 2. The molecule has 0 aliphatic carbocycles. The summed E-state index contributed by atoms with van der Waals surface area (Å²) in [5, 5.41) is 11.3. The van der Waals surface area contributed by atoms with Gasteiger partial charge in [-0.3, -0.25) is 10.6 Å². The predicted octanol–water partition coefficient (Wildman–Crippen LogP) is 4.39. The monoisotopic (exact) mass is 565 g/mol. The summed E-state index contributed by atoms with van der Waals surface area (Å²) in [4.78, 5) is 29.2. The third-order valence-electron chi connectivity index (χ3n) is 5.80. The minimum atomic E-state index is -3.95. The average molecular weight is 566 g/mol. The number of carbonyl (C=O) groups excluding carboxylic acids is 2. The largest absolute Gasteiger partial charge is 0.444 e. The lowest BCUT2D eigenvalue weighted by atomic mass is 9.92. The number of rotatable bonds is 7. The van der Waals surface area contributed by atoms with Gasteiger partial charge < -0.3 is 4.74 Å². The molecule has 2 aromatic heterocycles. The molecule has 0 atom stereocenters. The van der Waals surface area contributed by atoms with Crippen LogP contribution in [0.15, 0.2) is 66.7 Å². The molecule has 210 valence electrons. The fourth-order valence-corrected chi connectivity index (χ4v) is 3.99. The van der Waals surface area contributed by atoms with Crippen molar-refractivity contribution in [3.05, 3.63) is 78.0 Å². The van der Waals surface area contributed by atoms with Crippen molar-refractivity contribution in [3.63, 3.8) is 0 Å². The number of nitrogens with zero attached hydrogens (tertiary/aromatic N) is 4. The molecule has 0 unspecified atom stereocenters. The van der Waals surface area contributed by atoms with Gasteiger partial charge in [0.05, 0.1) is 16.9 Å². The van der Waals surface area contributed by atoms with Crippen LogP contribution in [0.4, 0.5) is 21.2 Å². The standard InChI is InChI=1S/C27H31N7O5S/c1-27(2,3)22-16-24(30-25(35)29-23-15-12-19-8-6-7-9-21(19)28-23)34(31-22)20-13-10-18(11-14-20)17-39-26(36)32-40(37,38)33(4)5/h6-16H,17H2,1-5H3,(H,32,36)(H2,28,29,30,35). The van der Waals surface area contributed by atoms with E-state index < -0.39 is 22.3 Å². The van der Waals surface area contributed by atoms with Crippen molar-refractivity contribution in [2.24, 2.45) is 0 Å². The quantitative estimate of drug-likeness (QED) is 0.301. The lowest BCUT2D eigenvalue weighted by Crippen LogP contribution is -2.39. The van der Waals surface area contributed by atoms with Crippen molar-refractivity contribution in [2.75, 3.05) is 24.7 Å². The van der Waals surface area contributed by atoms with Crippen molar-refractivity contribution in [2.45, 2.75) is 32.8 Å². The number of anilines is 2. The maximum Gasteiger partial charge on any atom is 0.422 e. The summed E-state index contributed by atoms with van der Waals surface area (Å²) in [5.41, 5.74) is 2.52. The van der Waals surface area contributed by atoms with E-state index >= 15 is 0 Å². The Morgan fingerprint density at radius 1 is 0.975 bits per heavy atom. The van der Waals surface area contributed by atoms with Gasteiger partial charge in [0.15, 0.2) is 0 Å². The molecule has 0 saturated heterocycles. The molecule has 3 amide bonds. The number of urea groups is 1. The van der Waals surface area contributed by atoms with Crippen molar-refractivity contribution in [1.29, 1.82) is 0 Å². The Balaban J connectivity index is 1.49. The number of para-hydroxylation sites is 1. The van der Waals surface area contributed by atoms with Gasteiger partial charge in [-0.1, -0.05) is 51.1 Å². The second kappa shape index (κ2) is 11.3. The second-order valence-corrected chi connectivity index (χ2v) is 12.1. The number of aromatic nitrogens is 3. The molecule has 40 heavy (non-hydrogen) atoms. The summed E-state index contributed by atoms with van der Waals surface area (Å²) in [6.07, 6.45) is -1.09. The van der Waals surface area contributed by atoms with Crippen LogP contribution in [0.1, 0.15) is 32.0 Å². The van der Waals surface area contributed by atoms with E-state index in [1.807, 2.05) is 51.1 Å². The van der Waals surface area contributed by atoms with E-state index in [1.165, 1.54) is 14.1 Å². The van der Waals surface area contributed by atoms with Crippen LogP contribution in [0.5, 0.6) is 0 Å². The van der Waals surface area contributed by atoms with Crippen molar-refractivity contribution in [3.8, 4) is 5.69 Å². The molecule has 2 aromatic carbocycles. The molecule has 12 nitrogen and oxygen atoms in total. The topological polar surface area (TPSA) is 148 Å². The summed E-state index contributed by atoms with van der Waals surface area (Å²) >= 11 is 0. The van der Waals surface area contributed by atoms with Crippen LogP contribution >= 0.6 is 0 Å². The Kier molecular flexibility index (Phi) is 8.07. The molecule has 0 radical (unpaired) electrons. The third-order valence-corrected chi connectivity index (χ3v) is 7.19. The highest BCUT2D eigenvalue weighted by atomic mass is 32.2. The van der Waals surface area contributed by atoms with E-state index in [0.29, 0.717) is 22.9 Å². The lowest BCUT2D eigenvalue weighted by molar-refractivity contribution is 0.145. The molecule has 0 bridgehead atoms. The molecule has 0 fully saturated rings. The molecule has 2 heterocycles. The lowest BCUT2D eigenvalue weighted by Gasteiger charge is -2.14. The van der Waals surface area contributed by atoms with Gasteiger partial charge in [-0.15, -0.1) is 0 Å². The molecule has 0 aliphatic heterocycles. The fraction of sp³-hybridized carbons (Fsp3) is 0.259. The van der Waals surface area contributed by atoms with Crippen molar-refractivity contribution in [1.82, 2.24) is 23.8 Å². The van der Waals surface area contributed by atoms with Gasteiger partial charge in [-0.05, 0) is 35.9 Å². The first-order valence-corrected chi connectivity index (χ1v) is 13.8. The van der Waals surface area contributed by atoms with Crippen molar-refractivity contribution >= 4 is 44.9 Å². The van der Waals surface area contributed by atoms with E-state index in [1.54, 1.807) is 45.8 Å². The SMILES string of the molecule is CN(C)S(=O)(=O)NC(=O)OCc1ccc(-n2nc(C(C)(C)C)cc2NC(=O)Nc2ccc3ccccc3n2)cc1. The van der Waals surface area contributed by atoms with Crippen LogP contribution in [-0.4, -0.2) is 53.7 Å². The van der Waals surface area contributed by atoms with Crippen LogP contribution in [0.2, 0.25) is 0 Å². The highest BCUT2D eigenvalue weighted by molar-refractivity contribution is 7.87. The molecule has 0 spiro atoms. The third kappa shape index (κ3) is 6.93. The van der Waals surface area contributed by atoms with Crippen LogP contribution in [0, 0.1) is 0 Å². The molecule has 4 rings (SSSR count). The maximum atomic E-state index is 12.9. The molecule has 0 saturated carbocycles. The molecule has 0 aliphatic rings. The van der Waals surface area contributed by atoms with Gasteiger partial charge in [-0.2, -0.15) is 17.8 Å². The van der Waals surface area contributed by atoms with Gasteiger partial charge in [0.25, 0.3) is 0 Å². The van der Waals surface area contributed by atoms with E-state index in [-0.39, 0.29) is 12.0 Å². The fourth-order valence-electron chi connectivity index (χ4n) is 3.54. The first-order chi connectivity index (χ1) is 18.8. The molecule has 4 aromatic rings. The Morgan fingerprint density at radius 2 is 1.68 bits per heavy atom. The number of hydrogen-bond acceptors (Lipinski definition) is 7. The van der Waals surface area contributed by atoms with E-state index in [2.05, 4.69) is 15.6 Å². The predicted molar refractivity (Wildman–Crippen MR) is 153 cm³/mol. The highest BCUT2D eigenvalue weighted by Gasteiger charge is 2.22. The molecule has 3 N–H and O–H groups in total. The average Bonchev–Trinajstić information content (AvgIpc) is 3.31. The highest BCUT2D eigenvalue weighted by Crippen LogP contribution is 2.27. The zero-order valence-electron chi connectivity index (χ0n) is 22.8. The summed E-state index contributed by atoms with van der Waals surface area (Å²) in [7, 11) is -1.36.